The van der Waals surface area contributed by atoms with Crippen molar-refractivity contribution >= 4 is 0 Å². The van der Waals surface area contributed by atoms with Gasteiger partial charge in [0.05, 0.1) is 5.56 Å². The zero-order valence-corrected chi connectivity index (χ0v) is 10.9. The molecule has 0 heterocycles. The molecule has 0 saturated heterocycles. The van der Waals surface area contributed by atoms with E-state index in [9.17, 15) is 17.6 Å². The summed E-state index contributed by atoms with van der Waals surface area (Å²) in [5.41, 5.74) is -0.691. The van der Waals surface area contributed by atoms with Gasteiger partial charge in [-0.25, -0.2) is 4.39 Å². The van der Waals surface area contributed by atoms with Gasteiger partial charge in [0.25, 0.3) is 0 Å². The van der Waals surface area contributed by atoms with Crippen LogP contribution in [0.25, 0.3) is 0 Å². The van der Waals surface area contributed by atoms with E-state index in [1.54, 1.807) is 0 Å². The minimum atomic E-state index is -4.65. The van der Waals surface area contributed by atoms with E-state index in [0.29, 0.717) is 12.1 Å². The van der Waals surface area contributed by atoms with E-state index in [2.05, 4.69) is 5.32 Å². The molecule has 2 rings (SSSR count). The van der Waals surface area contributed by atoms with Gasteiger partial charge in [0.2, 0.25) is 0 Å². The average molecular weight is 275 g/mol. The fraction of sp³-hybridized carbons (Fsp3) is 0.571. The van der Waals surface area contributed by atoms with Crippen LogP contribution in [-0.2, 0) is 6.18 Å². The zero-order chi connectivity index (χ0) is 14.3. The van der Waals surface area contributed by atoms with Crippen molar-refractivity contribution in [3.8, 4) is 0 Å². The fourth-order valence-electron chi connectivity index (χ4n) is 2.40. The summed E-state index contributed by atoms with van der Waals surface area (Å²) in [4.78, 5) is 0. The summed E-state index contributed by atoms with van der Waals surface area (Å²) in [5, 5.41) is 3.21. The van der Waals surface area contributed by atoms with Crippen LogP contribution in [-0.4, -0.2) is 6.54 Å². The largest absolute Gasteiger partial charge is 0.419 e. The lowest BCUT2D eigenvalue weighted by atomic mass is 9.90. The smallest absolute Gasteiger partial charge is 0.310 e. The van der Waals surface area contributed by atoms with Gasteiger partial charge in [-0.1, -0.05) is 19.9 Å². The third kappa shape index (κ3) is 2.91. The molecule has 0 bridgehead atoms. The molecule has 0 radical (unpaired) electrons. The Morgan fingerprint density at radius 1 is 1.32 bits per heavy atom. The first-order chi connectivity index (χ1) is 8.78. The molecule has 0 spiro atoms. The monoisotopic (exact) mass is 275 g/mol. The lowest BCUT2D eigenvalue weighted by Gasteiger charge is -2.25. The number of hydrogen-bond acceptors (Lipinski definition) is 1. The van der Waals surface area contributed by atoms with Gasteiger partial charge in [0, 0.05) is 6.04 Å². The van der Waals surface area contributed by atoms with Crippen molar-refractivity contribution in [3.63, 3.8) is 0 Å². The molecule has 1 aromatic rings. The topological polar surface area (TPSA) is 12.0 Å². The van der Waals surface area contributed by atoms with Crippen molar-refractivity contribution in [1.82, 2.24) is 5.32 Å². The minimum Gasteiger partial charge on any atom is -0.310 e. The van der Waals surface area contributed by atoms with E-state index in [0.717, 1.165) is 25.0 Å². The summed E-state index contributed by atoms with van der Waals surface area (Å²) in [6.07, 6.45) is -2.70. The molecule has 1 fully saturated rings. The Balaban J connectivity index is 2.38. The SMILES string of the molecule is CCNC(c1ccc(F)c(C(F)(F)F)c1)C1(C)CC1. The molecule has 1 saturated carbocycles. The van der Waals surface area contributed by atoms with Gasteiger partial charge in [-0.15, -0.1) is 0 Å². The predicted octanol–water partition coefficient (Wildman–Crippen LogP) is 4.30. The molecule has 19 heavy (non-hydrogen) atoms. The van der Waals surface area contributed by atoms with E-state index in [4.69, 9.17) is 0 Å². The second-order valence-corrected chi connectivity index (χ2v) is 5.38. The van der Waals surface area contributed by atoms with Crippen molar-refractivity contribution < 1.29 is 17.6 Å². The highest BCUT2D eigenvalue weighted by Crippen LogP contribution is 2.54. The molecule has 0 aliphatic heterocycles. The molecule has 1 unspecified atom stereocenters. The third-order valence-corrected chi connectivity index (χ3v) is 3.77. The average Bonchev–Trinajstić information content (AvgIpc) is 3.05. The molecule has 1 aliphatic rings. The number of nitrogens with one attached hydrogen (secondary N) is 1. The highest BCUT2D eigenvalue weighted by molar-refractivity contribution is 5.31. The fourth-order valence-corrected chi connectivity index (χ4v) is 2.40. The minimum absolute atomic E-state index is 0.0172. The second-order valence-electron chi connectivity index (χ2n) is 5.38. The van der Waals surface area contributed by atoms with Crippen molar-refractivity contribution in [2.75, 3.05) is 6.54 Å². The van der Waals surface area contributed by atoms with Crippen LogP contribution >= 0.6 is 0 Å². The van der Waals surface area contributed by atoms with E-state index >= 15 is 0 Å². The summed E-state index contributed by atoms with van der Waals surface area (Å²) in [5.74, 6) is -1.22. The molecule has 5 heteroatoms. The Kier molecular flexibility index (Phi) is 3.60. The molecule has 1 nitrogen and oxygen atoms in total. The summed E-state index contributed by atoms with van der Waals surface area (Å²) >= 11 is 0. The van der Waals surface area contributed by atoms with Gasteiger partial charge >= 0.3 is 6.18 Å². The Hall–Kier alpha value is -1.10. The van der Waals surface area contributed by atoms with Crippen LogP contribution in [0, 0.1) is 11.2 Å². The number of hydrogen-bond donors (Lipinski definition) is 1. The quantitative estimate of drug-likeness (QED) is 0.808. The van der Waals surface area contributed by atoms with Crippen LogP contribution in [0.2, 0.25) is 0 Å². The normalized spacial score (nSPS) is 19.3. The standard InChI is InChI=1S/C14H17F4N/c1-3-19-12(13(2)6-7-13)9-4-5-11(15)10(8-9)14(16,17)18/h4-5,8,12,19H,3,6-7H2,1-2H3. The number of rotatable bonds is 4. The Labute approximate surface area is 110 Å². The Morgan fingerprint density at radius 2 is 1.95 bits per heavy atom. The van der Waals surface area contributed by atoms with Gasteiger partial charge in [-0.05, 0) is 42.5 Å². The Bertz CT molecular complexity index is 463. The summed E-state index contributed by atoms with van der Waals surface area (Å²) in [6.45, 7) is 4.61. The molecule has 1 N–H and O–H groups in total. The lowest BCUT2D eigenvalue weighted by molar-refractivity contribution is -0.140. The van der Waals surface area contributed by atoms with Crippen LogP contribution in [0.5, 0.6) is 0 Å². The van der Waals surface area contributed by atoms with E-state index in [1.165, 1.54) is 6.07 Å². The van der Waals surface area contributed by atoms with E-state index < -0.39 is 17.6 Å². The second kappa shape index (κ2) is 4.78. The van der Waals surface area contributed by atoms with Crippen LogP contribution in [0.4, 0.5) is 17.6 Å². The first-order valence-electron chi connectivity index (χ1n) is 6.38. The van der Waals surface area contributed by atoms with Crippen molar-refractivity contribution in [2.45, 2.75) is 38.9 Å². The summed E-state index contributed by atoms with van der Waals surface area (Å²) in [6, 6.07) is 3.14. The molecule has 1 aliphatic carbocycles. The third-order valence-electron chi connectivity index (χ3n) is 3.77. The van der Waals surface area contributed by atoms with Crippen molar-refractivity contribution in [1.29, 1.82) is 0 Å². The van der Waals surface area contributed by atoms with Gasteiger partial charge < -0.3 is 5.32 Å². The van der Waals surface area contributed by atoms with Crippen LogP contribution in [0.15, 0.2) is 18.2 Å². The lowest BCUT2D eigenvalue weighted by Crippen LogP contribution is -2.28. The van der Waals surface area contributed by atoms with Crippen molar-refractivity contribution in [2.24, 2.45) is 5.41 Å². The van der Waals surface area contributed by atoms with Gasteiger partial charge in [-0.3, -0.25) is 0 Å². The van der Waals surface area contributed by atoms with E-state index in [1.807, 2.05) is 13.8 Å². The first-order valence-corrected chi connectivity index (χ1v) is 6.38. The molecule has 0 amide bonds. The van der Waals surface area contributed by atoms with Crippen molar-refractivity contribution in [3.05, 3.63) is 35.1 Å². The molecular formula is C14H17F4N. The number of halogens is 4. The number of alkyl halides is 3. The molecule has 1 aromatic carbocycles. The molecule has 1 atom stereocenters. The van der Waals surface area contributed by atoms with E-state index in [-0.39, 0.29) is 11.5 Å². The molecule has 0 aromatic heterocycles. The molecule has 106 valence electrons. The van der Waals surface area contributed by atoms with Crippen LogP contribution in [0.1, 0.15) is 43.9 Å². The number of benzene rings is 1. The summed E-state index contributed by atoms with van der Waals surface area (Å²) in [7, 11) is 0. The van der Waals surface area contributed by atoms with Crippen LogP contribution in [0.3, 0.4) is 0 Å². The van der Waals surface area contributed by atoms with Gasteiger partial charge in [0.1, 0.15) is 5.82 Å². The maximum atomic E-state index is 13.3. The Morgan fingerprint density at radius 3 is 2.42 bits per heavy atom. The summed E-state index contributed by atoms with van der Waals surface area (Å²) < 4.78 is 51.5. The predicted molar refractivity (Wildman–Crippen MR) is 65.2 cm³/mol. The first kappa shape index (κ1) is 14.3. The zero-order valence-electron chi connectivity index (χ0n) is 10.9. The highest BCUT2D eigenvalue weighted by atomic mass is 19.4. The van der Waals surface area contributed by atoms with Gasteiger partial charge in [-0.2, -0.15) is 13.2 Å². The maximum absolute atomic E-state index is 13.3. The molecular weight excluding hydrogens is 258 g/mol. The highest BCUT2D eigenvalue weighted by Gasteiger charge is 2.46. The van der Waals surface area contributed by atoms with Gasteiger partial charge in [0.15, 0.2) is 0 Å². The van der Waals surface area contributed by atoms with Crippen LogP contribution < -0.4 is 5.32 Å². The maximum Gasteiger partial charge on any atom is 0.419 e.